The molecule has 0 unspecified atom stereocenters. The fourth-order valence-electron chi connectivity index (χ4n) is 1.54. The van der Waals surface area contributed by atoms with E-state index in [2.05, 4.69) is 9.73 Å². The van der Waals surface area contributed by atoms with Crippen molar-refractivity contribution in [1.29, 1.82) is 0 Å². The molecule has 0 spiro atoms. The van der Waals surface area contributed by atoms with Crippen LogP contribution in [-0.4, -0.2) is 18.8 Å². The molecule has 1 aromatic carbocycles. The van der Waals surface area contributed by atoms with Gasteiger partial charge >= 0.3 is 5.97 Å². The fraction of sp³-hybridized carbons (Fsp3) is 0.167. The molecule has 2 N–H and O–H groups in total. The van der Waals surface area contributed by atoms with E-state index in [0.29, 0.717) is 11.4 Å². The van der Waals surface area contributed by atoms with E-state index in [-0.39, 0.29) is 0 Å². The van der Waals surface area contributed by atoms with Crippen LogP contribution in [0.3, 0.4) is 0 Å². The summed E-state index contributed by atoms with van der Waals surface area (Å²) in [7, 11) is 1.34. The van der Waals surface area contributed by atoms with Crippen LogP contribution in [0.2, 0.25) is 0 Å². The molecule has 0 bridgehead atoms. The molecule has 0 aromatic heterocycles. The van der Waals surface area contributed by atoms with Gasteiger partial charge in [-0.15, -0.1) is 0 Å². The highest BCUT2D eigenvalue weighted by Gasteiger charge is 2.12. The van der Waals surface area contributed by atoms with Crippen molar-refractivity contribution < 1.29 is 9.53 Å². The Balaban J connectivity index is 2.48. The molecular formula is C12H12N2O2. The summed E-state index contributed by atoms with van der Waals surface area (Å²) < 4.78 is 4.64. The van der Waals surface area contributed by atoms with Crippen molar-refractivity contribution in [3.05, 3.63) is 35.9 Å². The number of nitrogen functional groups attached to an aromatic ring is 1. The zero-order valence-electron chi connectivity index (χ0n) is 8.93. The standard InChI is InChI=1S/C12H12N2O2/c1-16-12(15)10-4-2-3-8-5-6-9(13)7-11(8)14-10/h2,4-7H,3,13H2,1H3. The van der Waals surface area contributed by atoms with Crippen molar-refractivity contribution in [1.82, 2.24) is 0 Å². The number of methoxy groups -OCH3 is 1. The number of rotatable bonds is 1. The summed E-state index contributed by atoms with van der Waals surface area (Å²) in [6, 6.07) is 5.50. The number of hydrogen-bond acceptors (Lipinski definition) is 4. The van der Waals surface area contributed by atoms with Gasteiger partial charge in [-0.2, -0.15) is 0 Å². The lowest BCUT2D eigenvalue weighted by atomic mass is 10.1. The Bertz CT molecular complexity index is 490. The lowest BCUT2D eigenvalue weighted by Crippen LogP contribution is -2.12. The van der Waals surface area contributed by atoms with E-state index < -0.39 is 5.97 Å². The Labute approximate surface area is 93.4 Å². The van der Waals surface area contributed by atoms with E-state index >= 15 is 0 Å². The number of ether oxygens (including phenoxy) is 1. The third-order valence-electron chi connectivity index (χ3n) is 2.36. The summed E-state index contributed by atoms with van der Waals surface area (Å²) in [6.07, 6.45) is 4.29. The van der Waals surface area contributed by atoms with Gasteiger partial charge in [0.05, 0.1) is 12.8 Å². The average molecular weight is 216 g/mol. The van der Waals surface area contributed by atoms with Crippen molar-refractivity contribution in [3.63, 3.8) is 0 Å². The smallest absolute Gasteiger partial charge is 0.356 e. The summed E-state index contributed by atoms with van der Waals surface area (Å²) in [5.41, 5.74) is 8.38. The van der Waals surface area contributed by atoms with Gasteiger partial charge in [-0.05, 0) is 30.2 Å². The first kappa shape index (κ1) is 10.4. The van der Waals surface area contributed by atoms with E-state index in [9.17, 15) is 4.79 Å². The summed E-state index contributed by atoms with van der Waals surface area (Å²) in [4.78, 5) is 15.6. The molecule has 0 saturated carbocycles. The highest BCUT2D eigenvalue weighted by molar-refractivity contribution is 6.41. The molecule has 2 rings (SSSR count). The minimum Gasteiger partial charge on any atom is -0.464 e. The molecule has 1 heterocycles. The van der Waals surface area contributed by atoms with E-state index in [1.165, 1.54) is 7.11 Å². The Kier molecular flexibility index (Phi) is 2.72. The number of nitrogens with two attached hydrogens (primary N) is 1. The minimum atomic E-state index is -0.438. The predicted octanol–water partition coefficient (Wildman–Crippen LogP) is 1.63. The largest absolute Gasteiger partial charge is 0.464 e. The summed E-state index contributed by atoms with van der Waals surface area (Å²) in [5, 5.41) is 0. The lowest BCUT2D eigenvalue weighted by Gasteiger charge is -2.03. The van der Waals surface area contributed by atoms with Crippen LogP contribution in [0.25, 0.3) is 0 Å². The van der Waals surface area contributed by atoms with Gasteiger partial charge in [0.1, 0.15) is 5.71 Å². The van der Waals surface area contributed by atoms with Crippen LogP contribution < -0.4 is 5.73 Å². The molecule has 0 amide bonds. The number of esters is 1. The molecule has 1 aliphatic rings. The molecule has 0 radical (unpaired) electrons. The third-order valence-corrected chi connectivity index (χ3v) is 2.36. The van der Waals surface area contributed by atoms with Crippen molar-refractivity contribution >= 4 is 23.1 Å². The molecule has 0 atom stereocenters. The van der Waals surface area contributed by atoms with Gasteiger partial charge in [0.25, 0.3) is 0 Å². The van der Waals surface area contributed by atoms with E-state index in [1.54, 1.807) is 12.1 Å². The van der Waals surface area contributed by atoms with Crippen LogP contribution in [0.15, 0.2) is 35.3 Å². The lowest BCUT2D eigenvalue weighted by molar-refractivity contribution is -0.132. The Morgan fingerprint density at radius 2 is 2.31 bits per heavy atom. The van der Waals surface area contributed by atoms with E-state index in [1.807, 2.05) is 18.2 Å². The summed E-state index contributed by atoms with van der Waals surface area (Å²) in [6.45, 7) is 0. The second-order valence-electron chi connectivity index (χ2n) is 3.48. The third kappa shape index (κ3) is 1.95. The van der Waals surface area contributed by atoms with E-state index in [4.69, 9.17) is 5.73 Å². The molecule has 0 aliphatic carbocycles. The van der Waals surface area contributed by atoms with Gasteiger partial charge in [0.15, 0.2) is 0 Å². The van der Waals surface area contributed by atoms with Crippen molar-refractivity contribution in [2.24, 2.45) is 4.99 Å². The van der Waals surface area contributed by atoms with E-state index in [0.717, 1.165) is 17.7 Å². The van der Waals surface area contributed by atoms with Gasteiger partial charge < -0.3 is 10.5 Å². The first-order valence-electron chi connectivity index (χ1n) is 4.92. The van der Waals surface area contributed by atoms with Crippen molar-refractivity contribution in [3.8, 4) is 0 Å². The number of carbonyl (C=O) groups is 1. The highest BCUT2D eigenvalue weighted by Crippen LogP contribution is 2.25. The van der Waals surface area contributed by atoms with Gasteiger partial charge in [-0.25, -0.2) is 9.79 Å². The van der Waals surface area contributed by atoms with Crippen LogP contribution in [0.1, 0.15) is 5.56 Å². The van der Waals surface area contributed by atoms with Crippen LogP contribution in [0, 0.1) is 0 Å². The molecule has 0 fully saturated rings. The maximum atomic E-state index is 11.4. The van der Waals surface area contributed by atoms with Crippen LogP contribution in [0.5, 0.6) is 0 Å². The number of benzene rings is 1. The first-order valence-corrected chi connectivity index (χ1v) is 4.92. The van der Waals surface area contributed by atoms with Gasteiger partial charge in [0.2, 0.25) is 0 Å². The molecule has 4 heteroatoms. The monoisotopic (exact) mass is 216 g/mol. The SMILES string of the molecule is COC(=O)C1=Nc2cc(N)ccc2CC=C1. The number of aliphatic imine (C=N–C) groups is 1. The van der Waals surface area contributed by atoms with Gasteiger partial charge in [0, 0.05) is 5.69 Å². The molecule has 82 valence electrons. The summed E-state index contributed by atoms with van der Waals surface area (Å²) in [5.74, 6) is -0.438. The van der Waals surface area contributed by atoms with Crippen molar-refractivity contribution in [2.75, 3.05) is 12.8 Å². The summed E-state index contributed by atoms with van der Waals surface area (Å²) >= 11 is 0. The quantitative estimate of drug-likeness (QED) is 0.573. The molecule has 0 saturated heterocycles. The topological polar surface area (TPSA) is 64.7 Å². The number of anilines is 1. The van der Waals surface area contributed by atoms with Crippen LogP contribution in [0.4, 0.5) is 11.4 Å². The number of allylic oxidation sites excluding steroid dienone is 1. The predicted molar refractivity (Wildman–Crippen MR) is 62.8 cm³/mol. The molecule has 1 aliphatic heterocycles. The maximum absolute atomic E-state index is 11.4. The Hall–Kier alpha value is -2.10. The fourth-order valence-corrected chi connectivity index (χ4v) is 1.54. The first-order chi connectivity index (χ1) is 7.70. The number of carbonyl (C=O) groups excluding carboxylic acids is 1. The number of nitrogens with zero attached hydrogens (tertiary/aromatic N) is 1. The maximum Gasteiger partial charge on any atom is 0.356 e. The van der Waals surface area contributed by atoms with Crippen LogP contribution in [-0.2, 0) is 16.0 Å². The van der Waals surface area contributed by atoms with Crippen LogP contribution >= 0.6 is 0 Å². The normalized spacial score (nSPS) is 13.7. The highest BCUT2D eigenvalue weighted by atomic mass is 16.5. The second-order valence-corrected chi connectivity index (χ2v) is 3.48. The number of hydrogen-bond donors (Lipinski definition) is 1. The zero-order chi connectivity index (χ0) is 11.5. The molecular weight excluding hydrogens is 204 g/mol. The Morgan fingerprint density at radius 3 is 3.06 bits per heavy atom. The Morgan fingerprint density at radius 1 is 1.50 bits per heavy atom. The number of fused-ring (bicyclic) bond motifs is 1. The second kappa shape index (κ2) is 4.18. The average Bonchev–Trinajstić information content (AvgIpc) is 2.49. The molecule has 16 heavy (non-hydrogen) atoms. The molecule has 1 aromatic rings. The zero-order valence-corrected chi connectivity index (χ0v) is 8.93. The molecule has 4 nitrogen and oxygen atoms in total. The van der Waals surface area contributed by atoms with Gasteiger partial charge in [-0.1, -0.05) is 12.1 Å². The minimum absolute atomic E-state index is 0.298. The van der Waals surface area contributed by atoms with Crippen molar-refractivity contribution in [2.45, 2.75) is 6.42 Å². The van der Waals surface area contributed by atoms with Gasteiger partial charge in [-0.3, -0.25) is 0 Å².